The molecule has 57 heavy (non-hydrogen) atoms. The van der Waals surface area contributed by atoms with Crippen LogP contribution in [0.2, 0.25) is 0 Å². The molecule has 0 aliphatic carbocycles. The zero-order valence-electron chi connectivity index (χ0n) is 37.1. The number of rotatable bonds is 41. The van der Waals surface area contributed by atoms with Gasteiger partial charge < -0.3 is 14.2 Å². The molecule has 0 saturated heterocycles. The smallest absolute Gasteiger partial charge is 0.306 e. The molecule has 0 aliphatic heterocycles. The van der Waals surface area contributed by atoms with Gasteiger partial charge in [-0.3, -0.25) is 14.4 Å². The molecule has 6 nitrogen and oxygen atoms in total. The Bertz CT molecular complexity index is 1100. The molecule has 0 radical (unpaired) electrons. The molecule has 0 aromatic heterocycles. The molecular formula is C51H86O6. The van der Waals surface area contributed by atoms with Crippen LogP contribution in [-0.4, -0.2) is 37.2 Å². The molecule has 0 unspecified atom stereocenters. The van der Waals surface area contributed by atoms with Crippen LogP contribution in [0.3, 0.4) is 0 Å². The quantitative estimate of drug-likeness (QED) is 0.0265. The van der Waals surface area contributed by atoms with Crippen molar-refractivity contribution in [2.45, 2.75) is 219 Å². The van der Waals surface area contributed by atoms with E-state index in [9.17, 15) is 14.4 Å². The van der Waals surface area contributed by atoms with E-state index in [4.69, 9.17) is 14.2 Å². The first-order chi connectivity index (χ1) is 28.0. The predicted octanol–water partition coefficient (Wildman–Crippen LogP) is 15.1. The van der Waals surface area contributed by atoms with E-state index in [0.717, 1.165) is 89.9 Å². The Hall–Kier alpha value is -3.15. The van der Waals surface area contributed by atoms with Crippen molar-refractivity contribution in [3.63, 3.8) is 0 Å². The Labute approximate surface area is 351 Å². The van der Waals surface area contributed by atoms with Crippen LogP contribution in [0.4, 0.5) is 0 Å². The van der Waals surface area contributed by atoms with Gasteiger partial charge in [0.05, 0.1) is 0 Å². The van der Waals surface area contributed by atoms with Crippen molar-refractivity contribution in [2.75, 3.05) is 13.2 Å². The first kappa shape index (κ1) is 53.9. The van der Waals surface area contributed by atoms with Gasteiger partial charge in [0.25, 0.3) is 0 Å². The number of carbonyl (C=O) groups is 3. The highest BCUT2D eigenvalue weighted by atomic mass is 16.6. The first-order valence-electron chi connectivity index (χ1n) is 23.4. The third-order valence-corrected chi connectivity index (χ3v) is 9.70. The van der Waals surface area contributed by atoms with Crippen LogP contribution in [0, 0.1) is 0 Å². The number of ether oxygens (including phenoxy) is 3. The van der Waals surface area contributed by atoms with E-state index in [0.29, 0.717) is 19.3 Å². The highest BCUT2D eigenvalue weighted by Gasteiger charge is 2.19. The SMILES string of the molecule is CC/C=C\C/C=C\C/C=C\C/C=C\C/C=C\CCCC(=O)OC[C@H](COC(=O)CCCCCCCCCCCCC)OC(=O)CCCCCCC/C=C\CCCC. The molecule has 0 amide bonds. The summed E-state index contributed by atoms with van der Waals surface area (Å²) in [6.45, 7) is 6.40. The largest absolute Gasteiger partial charge is 0.462 e. The number of hydrogen-bond acceptors (Lipinski definition) is 6. The van der Waals surface area contributed by atoms with Crippen molar-refractivity contribution in [1.82, 2.24) is 0 Å². The van der Waals surface area contributed by atoms with E-state index >= 15 is 0 Å². The molecule has 0 N–H and O–H groups in total. The molecule has 0 saturated carbocycles. The summed E-state index contributed by atoms with van der Waals surface area (Å²) >= 11 is 0. The third-order valence-electron chi connectivity index (χ3n) is 9.70. The summed E-state index contributed by atoms with van der Waals surface area (Å²) in [4.78, 5) is 37.7. The zero-order valence-corrected chi connectivity index (χ0v) is 37.1. The van der Waals surface area contributed by atoms with Crippen molar-refractivity contribution < 1.29 is 28.6 Å². The van der Waals surface area contributed by atoms with Gasteiger partial charge in [-0.1, -0.05) is 190 Å². The molecule has 0 aromatic carbocycles. The fraction of sp³-hybridized carbons (Fsp3) is 0.706. The minimum absolute atomic E-state index is 0.0955. The summed E-state index contributed by atoms with van der Waals surface area (Å²) in [5.41, 5.74) is 0. The van der Waals surface area contributed by atoms with Crippen molar-refractivity contribution in [3.8, 4) is 0 Å². The average Bonchev–Trinajstić information content (AvgIpc) is 3.21. The molecule has 0 aromatic rings. The molecule has 0 bridgehead atoms. The fourth-order valence-corrected chi connectivity index (χ4v) is 6.16. The highest BCUT2D eigenvalue weighted by molar-refractivity contribution is 5.71. The maximum Gasteiger partial charge on any atom is 0.306 e. The number of esters is 3. The topological polar surface area (TPSA) is 78.9 Å². The van der Waals surface area contributed by atoms with E-state index < -0.39 is 6.10 Å². The van der Waals surface area contributed by atoms with Gasteiger partial charge in [0, 0.05) is 19.3 Å². The average molecular weight is 795 g/mol. The van der Waals surface area contributed by atoms with Gasteiger partial charge in [0.15, 0.2) is 6.10 Å². The second-order valence-corrected chi connectivity index (χ2v) is 15.3. The van der Waals surface area contributed by atoms with Gasteiger partial charge in [-0.2, -0.15) is 0 Å². The Morgan fingerprint density at radius 3 is 1.21 bits per heavy atom. The summed E-state index contributed by atoms with van der Waals surface area (Å²) < 4.78 is 16.7. The van der Waals surface area contributed by atoms with E-state index in [-0.39, 0.29) is 37.5 Å². The van der Waals surface area contributed by atoms with E-state index in [1.807, 2.05) is 0 Å². The van der Waals surface area contributed by atoms with E-state index in [1.54, 1.807) is 0 Å². The third kappa shape index (κ3) is 43.8. The maximum absolute atomic E-state index is 12.7. The summed E-state index contributed by atoms with van der Waals surface area (Å²) in [5.74, 6) is -0.971. The minimum atomic E-state index is -0.798. The molecule has 326 valence electrons. The van der Waals surface area contributed by atoms with Crippen LogP contribution in [-0.2, 0) is 28.6 Å². The lowest BCUT2D eigenvalue weighted by atomic mass is 10.1. The highest BCUT2D eigenvalue weighted by Crippen LogP contribution is 2.14. The molecule has 6 heteroatoms. The molecule has 0 fully saturated rings. The molecule has 0 heterocycles. The van der Waals surface area contributed by atoms with Crippen molar-refractivity contribution in [2.24, 2.45) is 0 Å². The number of unbranched alkanes of at least 4 members (excludes halogenated alkanes) is 18. The maximum atomic E-state index is 12.7. The predicted molar refractivity (Wildman–Crippen MR) is 242 cm³/mol. The molecular weight excluding hydrogens is 709 g/mol. The van der Waals surface area contributed by atoms with E-state index in [2.05, 4.69) is 93.7 Å². The van der Waals surface area contributed by atoms with Crippen molar-refractivity contribution >= 4 is 17.9 Å². The zero-order chi connectivity index (χ0) is 41.5. The summed E-state index contributed by atoms with van der Waals surface area (Å²) in [5, 5.41) is 0. The summed E-state index contributed by atoms with van der Waals surface area (Å²) in [6.07, 6.45) is 56.0. The number of allylic oxidation sites excluding steroid dienone is 12. The van der Waals surface area contributed by atoms with Crippen LogP contribution in [0.1, 0.15) is 213 Å². The first-order valence-corrected chi connectivity index (χ1v) is 23.4. The Kier molecular flexibility index (Phi) is 43.0. The lowest BCUT2D eigenvalue weighted by Gasteiger charge is -2.18. The molecule has 0 aliphatic rings. The van der Waals surface area contributed by atoms with Gasteiger partial charge in [0.2, 0.25) is 0 Å². The second kappa shape index (κ2) is 45.6. The van der Waals surface area contributed by atoms with Crippen LogP contribution < -0.4 is 0 Å². The Morgan fingerprint density at radius 1 is 0.368 bits per heavy atom. The number of carbonyl (C=O) groups excluding carboxylic acids is 3. The van der Waals surface area contributed by atoms with Crippen LogP contribution in [0.25, 0.3) is 0 Å². The Balaban J connectivity index is 4.46. The summed E-state index contributed by atoms with van der Waals surface area (Å²) in [7, 11) is 0. The minimum Gasteiger partial charge on any atom is -0.462 e. The molecule has 1 atom stereocenters. The van der Waals surface area contributed by atoms with Crippen LogP contribution >= 0.6 is 0 Å². The molecule has 0 rings (SSSR count). The van der Waals surface area contributed by atoms with Crippen LogP contribution in [0.5, 0.6) is 0 Å². The summed E-state index contributed by atoms with van der Waals surface area (Å²) in [6, 6.07) is 0. The van der Waals surface area contributed by atoms with Gasteiger partial charge >= 0.3 is 17.9 Å². The monoisotopic (exact) mass is 795 g/mol. The number of hydrogen-bond donors (Lipinski definition) is 0. The lowest BCUT2D eigenvalue weighted by Crippen LogP contribution is -2.30. The van der Waals surface area contributed by atoms with Crippen LogP contribution in [0.15, 0.2) is 72.9 Å². The molecule has 0 spiro atoms. The fourth-order valence-electron chi connectivity index (χ4n) is 6.16. The Morgan fingerprint density at radius 2 is 0.719 bits per heavy atom. The normalized spacial score (nSPS) is 12.7. The van der Waals surface area contributed by atoms with Crippen molar-refractivity contribution in [1.29, 1.82) is 0 Å². The second-order valence-electron chi connectivity index (χ2n) is 15.3. The standard InChI is InChI=1S/C51H86O6/c1-4-7-10-13-16-19-22-23-24-25-26-27-30-32-35-38-41-44-50(53)56-47-48(57-51(54)45-42-39-36-33-29-21-18-15-12-9-6-3)46-55-49(52)43-40-37-34-31-28-20-17-14-11-8-5-2/h7,10,15-16,18-19,23-24,26-27,32,35,48H,4-6,8-9,11-14,17,20-22,25,28-31,33-34,36-47H2,1-3H3/b10-7-,18-15-,19-16-,24-23-,27-26-,35-32-/t48-/m0/s1. The van der Waals surface area contributed by atoms with Gasteiger partial charge in [0.1, 0.15) is 13.2 Å². The van der Waals surface area contributed by atoms with Crippen molar-refractivity contribution in [3.05, 3.63) is 72.9 Å². The van der Waals surface area contributed by atoms with Gasteiger partial charge in [-0.15, -0.1) is 0 Å². The lowest BCUT2D eigenvalue weighted by molar-refractivity contribution is -0.167. The van der Waals surface area contributed by atoms with Gasteiger partial charge in [-0.25, -0.2) is 0 Å². The van der Waals surface area contributed by atoms with E-state index in [1.165, 1.54) is 77.0 Å². The van der Waals surface area contributed by atoms with Gasteiger partial charge in [-0.05, 0) is 77.0 Å².